The second-order valence-electron chi connectivity index (χ2n) is 2.84. The summed E-state index contributed by atoms with van der Waals surface area (Å²) in [6, 6.07) is 2.36. The Labute approximate surface area is 80.9 Å². The van der Waals surface area contributed by atoms with Crippen molar-refractivity contribution in [1.29, 1.82) is 0 Å². The van der Waals surface area contributed by atoms with Gasteiger partial charge in [-0.3, -0.25) is 0 Å². The third-order valence-electron chi connectivity index (χ3n) is 2.00. The second-order valence-corrected chi connectivity index (χ2v) is 4.20. The van der Waals surface area contributed by atoms with E-state index in [0.29, 0.717) is 6.04 Å². The summed E-state index contributed by atoms with van der Waals surface area (Å²) < 4.78 is 0. The van der Waals surface area contributed by atoms with Crippen molar-refractivity contribution in [3.63, 3.8) is 0 Å². The molecule has 1 atom stereocenters. The van der Waals surface area contributed by atoms with Crippen LogP contribution in [0.4, 0.5) is 0 Å². The van der Waals surface area contributed by atoms with Gasteiger partial charge >= 0.3 is 0 Å². The number of hydrogen-bond donors (Lipinski definition) is 2. The summed E-state index contributed by atoms with van der Waals surface area (Å²) in [6.07, 6.45) is 0. The highest BCUT2D eigenvalue weighted by Gasteiger charge is 2.17. The first-order valence-electron chi connectivity index (χ1n) is 4.05. The number of halogens is 1. The SMILES string of the molecule is Clc1ccsc1[C@H]1CNCCN1. The van der Waals surface area contributed by atoms with Crippen LogP contribution >= 0.6 is 22.9 Å². The van der Waals surface area contributed by atoms with Gasteiger partial charge in [-0.25, -0.2) is 0 Å². The lowest BCUT2D eigenvalue weighted by Crippen LogP contribution is -2.42. The summed E-state index contributed by atoms with van der Waals surface area (Å²) in [7, 11) is 0. The molecule has 0 saturated carbocycles. The minimum atomic E-state index is 0.409. The van der Waals surface area contributed by atoms with E-state index in [2.05, 4.69) is 10.6 Å². The third-order valence-corrected chi connectivity index (χ3v) is 3.47. The minimum absolute atomic E-state index is 0.409. The molecular weight excluding hydrogens is 192 g/mol. The maximum Gasteiger partial charge on any atom is 0.0561 e. The van der Waals surface area contributed by atoms with E-state index in [1.807, 2.05) is 11.4 Å². The van der Waals surface area contributed by atoms with E-state index >= 15 is 0 Å². The lowest BCUT2D eigenvalue weighted by atomic mass is 10.2. The molecule has 1 fully saturated rings. The Morgan fingerprint density at radius 2 is 2.42 bits per heavy atom. The number of rotatable bonds is 1. The summed E-state index contributed by atoms with van der Waals surface area (Å²) in [5.41, 5.74) is 0. The molecule has 0 radical (unpaired) electrons. The molecule has 1 aliphatic heterocycles. The van der Waals surface area contributed by atoms with E-state index in [0.717, 1.165) is 24.7 Å². The molecule has 12 heavy (non-hydrogen) atoms. The third kappa shape index (κ3) is 1.64. The van der Waals surface area contributed by atoms with Gasteiger partial charge in [-0.1, -0.05) is 11.6 Å². The van der Waals surface area contributed by atoms with E-state index in [1.54, 1.807) is 11.3 Å². The van der Waals surface area contributed by atoms with Crippen molar-refractivity contribution in [1.82, 2.24) is 10.6 Å². The van der Waals surface area contributed by atoms with Crippen LogP contribution in [0.2, 0.25) is 5.02 Å². The fourth-order valence-electron chi connectivity index (χ4n) is 1.39. The van der Waals surface area contributed by atoms with E-state index in [-0.39, 0.29) is 0 Å². The van der Waals surface area contributed by atoms with Crippen LogP contribution in [0.25, 0.3) is 0 Å². The van der Waals surface area contributed by atoms with Crippen molar-refractivity contribution in [2.75, 3.05) is 19.6 Å². The summed E-state index contributed by atoms with van der Waals surface area (Å²) in [6.45, 7) is 3.07. The predicted octanol–water partition coefficient (Wildman–Crippen LogP) is 1.64. The molecule has 4 heteroatoms. The molecule has 2 nitrogen and oxygen atoms in total. The average Bonchev–Trinajstić information content (AvgIpc) is 2.53. The van der Waals surface area contributed by atoms with E-state index in [9.17, 15) is 0 Å². The van der Waals surface area contributed by atoms with Gasteiger partial charge in [0.1, 0.15) is 0 Å². The van der Waals surface area contributed by atoms with Crippen molar-refractivity contribution < 1.29 is 0 Å². The van der Waals surface area contributed by atoms with Gasteiger partial charge in [0.05, 0.1) is 11.1 Å². The Hall–Kier alpha value is -0.0900. The van der Waals surface area contributed by atoms with Crippen LogP contribution in [0, 0.1) is 0 Å². The van der Waals surface area contributed by atoms with E-state index < -0.39 is 0 Å². The van der Waals surface area contributed by atoms with Gasteiger partial charge in [-0.2, -0.15) is 0 Å². The van der Waals surface area contributed by atoms with Crippen LogP contribution in [0.5, 0.6) is 0 Å². The van der Waals surface area contributed by atoms with Gasteiger partial charge in [0.2, 0.25) is 0 Å². The molecule has 1 aromatic heterocycles. The van der Waals surface area contributed by atoms with Crippen LogP contribution in [-0.4, -0.2) is 19.6 Å². The molecule has 2 heterocycles. The summed E-state index contributed by atoms with van der Waals surface area (Å²) >= 11 is 7.74. The molecule has 0 spiro atoms. The second kappa shape index (κ2) is 3.75. The van der Waals surface area contributed by atoms with E-state index in [1.165, 1.54) is 4.88 Å². The van der Waals surface area contributed by atoms with Crippen molar-refractivity contribution >= 4 is 22.9 Å². The summed E-state index contributed by atoms with van der Waals surface area (Å²) in [4.78, 5) is 1.25. The van der Waals surface area contributed by atoms with Crippen molar-refractivity contribution in [3.05, 3.63) is 21.3 Å². The van der Waals surface area contributed by atoms with Gasteiger partial charge in [0.25, 0.3) is 0 Å². The zero-order chi connectivity index (χ0) is 8.39. The zero-order valence-corrected chi connectivity index (χ0v) is 8.21. The first-order valence-corrected chi connectivity index (χ1v) is 5.30. The highest BCUT2D eigenvalue weighted by atomic mass is 35.5. The first-order chi connectivity index (χ1) is 5.88. The molecule has 1 aromatic rings. The molecule has 2 rings (SSSR count). The van der Waals surface area contributed by atoms with Crippen LogP contribution < -0.4 is 10.6 Å². The van der Waals surface area contributed by atoms with Gasteiger partial charge in [-0.05, 0) is 11.4 Å². The minimum Gasteiger partial charge on any atom is -0.314 e. The van der Waals surface area contributed by atoms with Crippen molar-refractivity contribution in [3.8, 4) is 0 Å². The number of piperazine rings is 1. The van der Waals surface area contributed by atoms with Gasteiger partial charge in [0, 0.05) is 24.5 Å². The smallest absolute Gasteiger partial charge is 0.0561 e. The molecular formula is C8H11ClN2S. The molecule has 0 unspecified atom stereocenters. The maximum atomic E-state index is 6.02. The zero-order valence-electron chi connectivity index (χ0n) is 6.64. The van der Waals surface area contributed by atoms with Crippen LogP contribution in [-0.2, 0) is 0 Å². The molecule has 66 valence electrons. The van der Waals surface area contributed by atoms with Gasteiger partial charge in [0.15, 0.2) is 0 Å². The number of nitrogens with one attached hydrogen (secondary N) is 2. The lowest BCUT2D eigenvalue weighted by molar-refractivity contribution is 0.435. The monoisotopic (exact) mass is 202 g/mol. The quantitative estimate of drug-likeness (QED) is 0.724. The number of thiophene rings is 1. The van der Waals surface area contributed by atoms with Crippen molar-refractivity contribution in [2.45, 2.75) is 6.04 Å². The molecule has 2 N–H and O–H groups in total. The first kappa shape index (κ1) is 8.51. The van der Waals surface area contributed by atoms with Crippen molar-refractivity contribution in [2.24, 2.45) is 0 Å². The molecule has 1 aliphatic rings. The summed E-state index contributed by atoms with van der Waals surface area (Å²) in [5, 5.41) is 9.69. The molecule has 1 saturated heterocycles. The average molecular weight is 203 g/mol. The van der Waals surface area contributed by atoms with Gasteiger partial charge < -0.3 is 10.6 Å². The fourth-order valence-corrected chi connectivity index (χ4v) is 2.66. The highest BCUT2D eigenvalue weighted by Crippen LogP contribution is 2.28. The number of hydrogen-bond acceptors (Lipinski definition) is 3. The van der Waals surface area contributed by atoms with E-state index in [4.69, 9.17) is 11.6 Å². The van der Waals surface area contributed by atoms with Gasteiger partial charge in [-0.15, -0.1) is 11.3 Å². The Kier molecular flexibility index (Phi) is 2.66. The fraction of sp³-hybridized carbons (Fsp3) is 0.500. The predicted molar refractivity (Wildman–Crippen MR) is 52.9 cm³/mol. The Balaban J connectivity index is 2.13. The maximum absolute atomic E-state index is 6.02. The standard InChI is InChI=1S/C8H11ClN2S/c9-6-1-4-12-8(6)7-5-10-2-3-11-7/h1,4,7,10-11H,2-3,5H2/t7-/m1/s1. The molecule has 0 aromatic carbocycles. The largest absolute Gasteiger partial charge is 0.314 e. The lowest BCUT2D eigenvalue weighted by Gasteiger charge is -2.23. The molecule has 0 bridgehead atoms. The Bertz CT molecular complexity index is 255. The topological polar surface area (TPSA) is 24.1 Å². The Morgan fingerprint density at radius 1 is 1.50 bits per heavy atom. The molecule has 0 aliphatic carbocycles. The van der Waals surface area contributed by atoms with Crippen LogP contribution in [0.1, 0.15) is 10.9 Å². The molecule has 0 amide bonds. The highest BCUT2D eigenvalue weighted by molar-refractivity contribution is 7.10. The normalized spacial score (nSPS) is 24.2. The summed E-state index contributed by atoms with van der Waals surface area (Å²) in [5.74, 6) is 0. The Morgan fingerprint density at radius 3 is 3.00 bits per heavy atom. The van der Waals surface area contributed by atoms with Crippen LogP contribution in [0.15, 0.2) is 11.4 Å². The van der Waals surface area contributed by atoms with Crippen LogP contribution in [0.3, 0.4) is 0 Å².